The van der Waals surface area contributed by atoms with E-state index in [2.05, 4.69) is 13.8 Å². The first-order chi connectivity index (χ1) is 11.6. The molecule has 0 aromatic heterocycles. The van der Waals surface area contributed by atoms with Gasteiger partial charge in [-0.15, -0.1) is 0 Å². The fourth-order valence-electron chi connectivity index (χ4n) is 3.96. The van der Waals surface area contributed by atoms with Crippen LogP contribution in [0.25, 0.3) is 0 Å². The Labute approximate surface area is 144 Å². The second-order valence-electron chi connectivity index (χ2n) is 7.50. The number of rotatable bonds is 6. The van der Waals surface area contributed by atoms with Gasteiger partial charge in [0.25, 0.3) is 0 Å². The molecular weight excluding hydrogens is 306 g/mol. The van der Waals surface area contributed by atoms with Crippen molar-refractivity contribution in [2.75, 3.05) is 39.5 Å². The predicted octanol–water partition coefficient (Wildman–Crippen LogP) is 0.765. The van der Waals surface area contributed by atoms with E-state index >= 15 is 0 Å². The van der Waals surface area contributed by atoms with Gasteiger partial charge in [-0.3, -0.25) is 0 Å². The number of para-hydroxylation sites is 2. The molecule has 0 saturated carbocycles. The van der Waals surface area contributed by atoms with Gasteiger partial charge in [0.1, 0.15) is 19.3 Å². The van der Waals surface area contributed by atoms with Gasteiger partial charge in [-0.2, -0.15) is 0 Å². The molecule has 5 heteroatoms. The maximum Gasteiger partial charge on any atom is 0.161 e. The van der Waals surface area contributed by atoms with Gasteiger partial charge in [0.2, 0.25) is 0 Å². The van der Waals surface area contributed by atoms with Crippen LogP contribution in [0.2, 0.25) is 0 Å². The van der Waals surface area contributed by atoms with Crippen molar-refractivity contribution in [2.24, 2.45) is 11.8 Å². The Morgan fingerprint density at radius 3 is 2.67 bits per heavy atom. The topological polar surface area (TPSA) is 52.4 Å². The fraction of sp³-hybridized carbons (Fsp3) is 0.684. The highest BCUT2D eigenvalue weighted by molar-refractivity contribution is 5.40. The molecule has 5 nitrogen and oxygen atoms in total. The van der Waals surface area contributed by atoms with E-state index in [0.717, 1.165) is 43.0 Å². The van der Waals surface area contributed by atoms with Gasteiger partial charge in [-0.05, 0) is 18.6 Å². The molecule has 0 bridgehead atoms. The molecule has 4 atom stereocenters. The quantitative estimate of drug-likeness (QED) is 0.806. The summed E-state index contributed by atoms with van der Waals surface area (Å²) in [5.41, 5.74) is 0. The molecule has 134 valence electrons. The Bertz CT molecular complexity index is 514. The van der Waals surface area contributed by atoms with E-state index < -0.39 is 6.10 Å². The summed E-state index contributed by atoms with van der Waals surface area (Å²) >= 11 is 0. The minimum absolute atomic E-state index is 0.116. The van der Waals surface area contributed by atoms with E-state index in [-0.39, 0.29) is 6.10 Å². The van der Waals surface area contributed by atoms with Gasteiger partial charge in [0.15, 0.2) is 17.6 Å². The van der Waals surface area contributed by atoms with Crippen molar-refractivity contribution in [2.45, 2.75) is 32.5 Å². The second-order valence-corrected chi connectivity index (χ2v) is 7.50. The number of benzene rings is 1. The molecule has 2 N–H and O–H groups in total. The van der Waals surface area contributed by atoms with Crippen LogP contribution in [0.5, 0.6) is 11.5 Å². The molecule has 2 aliphatic rings. The van der Waals surface area contributed by atoms with E-state index in [1.54, 1.807) is 0 Å². The molecule has 1 aromatic rings. The summed E-state index contributed by atoms with van der Waals surface area (Å²) in [6.07, 6.45) is 0.764. The standard InChI is InChI=1S/C19H29NO4/c1-14-7-15(2)9-20(8-14)10-16(21)11-22-12-17-13-23-18-5-3-4-6-19(18)24-17/h3-6,14-17,21H,7-13H2,1-2H3/p+1/t14-,15-,16+,17-/m1/s1. The molecular formula is C19H30NO4+. The predicted molar refractivity (Wildman–Crippen MR) is 91.7 cm³/mol. The molecule has 1 saturated heterocycles. The largest absolute Gasteiger partial charge is 0.486 e. The van der Waals surface area contributed by atoms with Crippen LogP contribution in [0, 0.1) is 11.8 Å². The van der Waals surface area contributed by atoms with Crippen molar-refractivity contribution in [3.63, 3.8) is 0 Å². The third-order valence-corrected chi connectivity index (χ3v) is 4.78. The zero-order chi connectivity index (χ0) is 16.9. The molecule has 24 heavy (non-hydrogen) atoms. The zero-order valence-corrected chi connectivity index (χ0v) is 14.7. The molecule has 2 heterocycles. The van der Waals surface area contributed by atoms with Gasteiger partial charge in [0, 0.05) is 11.8 Å². The summed E-state index contributed by atoms with van der Waals surface area (Å²) in [5.74, 6) is 3.03. The Morgan fingerprint density at radius 2 is 1.92 bits per heavy atom. The smallest absolute Gasteiger partial charge is 0.161 e. The molecule has 1 fully saturated rings. The molecule has 0 aliphatic carbocycles. The van der Waals surface area contributed by atoms with Crippen molar-refractivity contribution in [1.29, 1.82) is 0 Å². The average Bonchev–Trinajstić information content (AvgIpc) is 2.53. The minimum Gasteiger partial charge on any atom is -0.486 e. The van der Waals surface area contributed by atoms with Crippen molar-refractivity contribution in [3.05, 3.63) is 24.3 Å². The Balaban J connectivity index is 1.36. The van der Waals surface area contributed by atoms with E-state index in [1.807, 2.05) is 24.3 Å². The van der Waals surface area contributed by atoms with Crippen LogP contribution < -0.4 is 14.4 Å². The average molecular weight is 336 g/mol. The van der Waals surface area contributed by atoms with Gasteiger partial charge < -0.3 is 24.2 Å². The van der Waals surface area contributed by atoms with E-state index in [0.29, 0.717) is 19.8 Å². The highest BCUT2D eigenvalue weighted by atomic mass is 16.6. The summed E-state index contributed by atoms with van der Waals surface area (Å²) in [6, 6.07) is 7.66. The number of piperidine rings is 1. The van der Waals surface area contributed by atoms with E-state index in [4.69, 9.17) is 14.2 Å². The number of hydrogen-bond acceptors (Lipinski definition) is 4. The number of quaternary nitrogens is 1. The van der Waals surface area contributed by atoms with Gasteiger partial charge >= 0.3 is 0 Å². The van der Waals surface area contributed by atoms with Crippen LogP contribution in [-0.2, 0) is 4.74 Å². The third-order valence-electron chi connectivity index (χ3n) is 4.78. The second kappa shape index (κ2) is 8.19. The molecule has 0 spiro atoms. The maximum atomic E-state index is 10.2. The zero-order valence-electron chi connectivity index (χ0n) is 14.7. The number of fused-ring (bicyclic) bond motifs is 1. The molecule has 3 rings (SSSR count). The van der Waals surface area contributed by atoms with Crippen LogP contribution in [0.3, 0.4) is 0 Å². The Morgan fingerprint density at radius 1 is 1.21 bits per heavy atom. The highest BCUT2D eigenvalue weighted by Gasteiger charge is 2.27. The Hall–Kier alpha value is -1.30. The molecule has 1 aromatic carbocycles. The lowest BCUT2D eigenvalue weighted by Gasteiger charge is -2.33. The summed E-state index contributed by atoms with van der Waals surface area (Å²) in [5, 5.41) is 10.2. The van der Waals surface area contributed by atoms with Crippen molar-refractivity contribution < 1.29 is 24.2 Å². The number of likely N-dealkylation sites (tertiary alicyclic amines) is 1. The van der Waals surface area contributed by atoms with Crippen molar-refractivity contribution in [1.82, 2.24) is 0 Å². The number of ether oxygens (including phenoxy) is 3. The van der Waals surface area contributed by atoms with Crippen LogP contribution in [0.4, 0.5) is 0 Å². The monoisotopic (exact) mass is 336 g/mol. The number of aliphatic hydroxyl groups is 1. The van der Waals surface area contributed by atoms with Crippen LogP contribution in [0.1, 0.15) is 20.3 Å². The molecule has 0 amide bonds. The van der Waals surface area contributed by atoms with Gasteiger partial charge in [0.05, 0.1) is 26.3 Å². The third kappa shape index (κ3) is 4.85. The SMILES string of the molecule is C[C@@H]1C[C@@H](C)C[NH+](C[C@H](O)COC[C@@H]2COc3ccccc3O2)C1. The summed E-state index contributed by atoms with van der Waals surface area (Å²) < 4.78 is 17.2. The van der Waals surface area contributed by atoms with Crippen LogP contribution >= 0.6 is 0 Å². The fourth-order valence-corrected chi connectivity index (χ4v) is 3.96. The number of nitrogens with one attached hydrogen (secondary N) is 1. The van der Waals surface area contributed by atoms with Crippen molar-refractivity contribution in [3.8, 4) is 11.5 Å². The number of hydrogen-bond donors (Lipinski definition) is 2. The van der Waals surface area contributed by atoms with Crippen molar-refractivity contribution >= 4 is 0 Å². The van der Waals surface area contributed by atoms with E-state index in [9.17, 15) is 5.11 Å². The normalized spacial score (nSPS) is 30.8. The lowest BCUT2D eigenvalue weighted by atomic mass is 9.92. The number of aliphatic hydroxyl groups excluding tert-OH is 1. The van der Waals surface area contributed by atoms with E-state index in [1.165, 1.54) is 11.3 Å². The molecule has 0 unspecified atom stereocenters. The summed E-state index contributed by atoms with van der Waals surface area (Å²) in [6.45, 7) is 8.95. The first-order valence-corrected chi connectivity index (χ1v) is 9.08. The maximum absolute atomic E-state index is 10.2. The van der Waals surface area contributed by atoms with Crippen LogP contribution in [-0.4, -0.2) is 56.8 Å². The lowest BCUT2D eigenvalue weighted by Crippen LogP contribution is -3.15. The summed E-state index contributed by atoms with van der Waals surface area (Å²) in [4.78, 5) is 1.49. The molecule has 2 aliphatic heterocycles. The Kier molecular flexibility index (Phi) is 5.98. The first-order valence-electron chi connectivity index (χ1n) is 9.08. The minimum atomic E-state index is -0.422. The highest BCUT2D eigenvalue weighted by Crippen LogP contribution is 2.30. The first kappa shape index (κ1) is 17.5. The lowest BCUT2D eigenvalue weighted by molar-refractivity contribution is -0.915. The molecule has 0 radical (unpaired) electrons. The van der Waals surface area contributed by atoms with Gasteiger partial charge in [-0.1, -0.05) is 26.0 Å². The summed E-state index contributed by atoms with van der Waals surface area (Å²) in [7, 11) is 0. The van der Waals surface area contributed by atoms with Crippen LogP contribution in [0.15, 0.2) is 24.3 Å². The van der Waals surface area contributed by atoms with Gasteiger partial charge in [-0.25, -0.2) is 0 Å².